The standard InChI is InChI=1S/C17H30S/c1-7-8-10-16-11-9-12-17(13-16)18(6,14(2)3)15(4)5/h9,11-15H,7-8,10H2,1-6H3. The lowest BCUT2D eigenvalue weighted by Crippen LogP contribution is -2.20. The molecule has 0 aliphatic rings. The SMILES string of the molecule is CCCCc1cccc(S(C)(C(C)C)C(C)C)c1. The summed E-state index contributed by atoms with van der Waals surface area (Å²) in [5.41, 5.74) is 1.52. The molecule has 18 heavy (non-hydrogen) atoms. The summed E-state index contributed by atoms with van der Waals surface area (Å²) in [6, 6.07) is 9.38. The molecule has 0 unspecified atom stereocenters. The maximum Gasteiger partial charge on any atom is -0.00942 e. The number of hydrogen-bond donors (Lipinski definition) is 0. The van der Waals surface area contributed by atoms with E-state index in [1.807, 2.05) is 0 Å². The highest BCUT2D eigenvalue weighted by molar-refractivity contribution is 8.34. The summed E-state index contributed by atoms with van der Waals surface area (Å²) in [6.45, 7) is 11.8. The molecule has 0 saturated heterocycles. The largest absolute Gasteiger partial charge is 0.213 e. The predicted octanol–water partition coefficient (Wildman–Crippen LogP) is 5.64. The second kappa shape index (κ2) is 6.65. The Hall–Kier alpha value is -0.430. The van der Waals surface area contributed by atoms with E-state index in [0.29, 0.717) is 0 Å². The quantitative estimate of drug-likeness (QED) is 0.625. The first-order valence-electron chi connectivity index (χ1n) is 7.28. The molecule has 1 heteroatoms. The molecule has 104 valence electrons. The lowest BCUT2D eigenvalue weighted by atomic mass is 10.1. The zero-order chi connectivity index (χ0) is 13.8. The fraction of sp³-hybridized carbons (Fsp3) is 0.647. The van der Waals surface area contributed by atoms with Crippen molar-refractivity contribution < 1.29 is 0 Å². The lowest BCUT2D eigenvalue weighted by molar-refractivity contribution is 0.793. The number of benzene rings is 1. The topological polar surface area (TPSA) is 0 Å². The Labute approximate surface area is 116 Å². The summed E-state index contributed by atoms with van der Waals surface area (Å²) in [4.78, 5) is 1.60. The van der Waals surface area contributed by atoms with E-state index in [2.05, 4.69) is 65.1 Å². The monoisotopic (exact) mass is 266 g/mol. The molecule has 0 aliphatic carbocycles. The van der Waals surface area contributed by atoms with E-state index in [1.165, 1.54) is 24.8 Å². The normalized spacial score (nSPS) is 13.3. The van der Waals surface area contributed by atoms with E-state index in [9.17, 15) is 0 Å². The molecule has 0 N–H and O–H groups in total. The molecular formula is C17H30S. The van der Waals surface area contributed by atoms with Crippen molar-refractivity contribution in [3.63, 3.8) is 0 Å². The van der Waals surface area contributed by atoms with Crippen LogP contribution in [0.3, 0.4) is 0 Å². The van der Waals surface area contributed by atoms with Gasteiger partial charge in [0.1, 0.15) is 0 Å². The number of rotatable bonds is 6. The average molecular weight is 266 g/mol. The van der Waals surface area contributed by atoms with E-state index in [1.54, 1.807) is 4.90 Å². The maximum atomic E-state index is 2.50. The van der Waals surface area contributed by atoms with Gasteiger partial charge >= 0.3 is 0 Å². The summed E-state index contributed by atoms with van der Waals surface area (Å²) in [6.07, 6.45) is 6.32. The van der Waals surface area contributed by atoms with Crippen molar-refractivity contribution in [3.05, 3.63) is 29.8 Å². The minimum absolute atomic E-state index is 0.699. The van der Waals surface area contributed by atoms with Gasteiger partial charge in [-0.2, -0.15) is 0 Å². The molecule has 1 aromatic rings. The highest BCUT2D eigenvalue weighted by atomic mass is 32.3. The number of aryl methyl sites for hydroxylation is 1. The van der Waals surface area contributed by atoms with E-state index >= 15 is 0 Å². The molecule has 0 fully saturated rings. The molecular weight excluding hydrogens is 236 g/mol. The molecule has 0 radical (unpaired) electrons. The first-order valence-corrected chi connectivity index (χ1v) is 9.44. The number of unbranched alkanes of at least 4 members (excludes halogenated alkanes) is 1. The van der Waals surface area contributed by atoms with Crippen molar-refractivity contribution >= 4 is 10.0 Å². The van der Waals surface area contributed by atoms with Crippen molar-refractivity contribution in [2.45, 2.75) is 69.3 Å². The van der Waals surface area contributed by atoms with Crippen LogP contribution in [0, 0.1) is 0 Å². The van der Waals surface area contributed by atoms with Crippen LogP contribution in [0.1, 0.15) is 53.0 Å². The first-order chi connectivity index (χ1) is 8.42. The third-order valence-corrected chi connectivity index (χ3v) is 9.37. The molecule has 0 atom stereocenters. The summed E-state index contributed by atoms with van der Waals surface area (Å²) in [7, 11) is -0.699. The predicted molar refractivity (Wildman–Crippen MR) is 87.1 cm³/mol. The zero-order valence-electron chi connectivity index (χ0n) is 13.0. The van der Waals surface area contributed by atoms with Crippen molar-refractivity contribution in [2.75, 3.05) is 6.26 Å². The highest BCUT2D eigenvalue weighted by Crippen LogP contribution is 2.60. The minimum Gasteiger partial charge on any atom is -0.213 e. The van der Waals surface area contributed by atoms with Gasteiger partial charge in [0, 0.05) is 0 Å². The minimum atomic E-state index is -0.699. The van der Waals surface area contributed by atoms with E-state index in [4.69, 9.17) is 0 Å². The van der Waals surface area contributed by atoms with Gasteiger partial charge in [0.25, 0.3) is 0 Å². The Morgan fingerprint density at radius 1 is 1.06 bits per heavy atom. The van der Waals surface area contributed by atoms with Gasteiger partial charge in [0.05, 0.1) is 0 Å². The van der Waals surface area contributed by atoms with Crippen LogP contribution < -0.4 is 0 Å². The lowest BCUT2D eigenvalue weighted by Gasteiger charge is -2.45. The first kappa shape index (κ1) is 15.6. The van der Waals surface area contributed by atoms with Gasteiger partial charge in [0.15, 0.2) is 0 Å². The fourth-order valence-electron chi connectivity index (χ4n) is 2.44. The van der Waals surface area contributed by atoms with Crippen LogP contribution in [0.4, 0.5) is 0 Å². The highest BCUT2D eigenvalue weighted by Gasteiger charge is 2.28. The maximum absolute atomic E-state index is 2.50. The second-order valence-corrected chi connectivity index (χ2v) is 10.3. The Balaban J connectivity index is 3.06. The summed E-state index contributed by atoms with van der Waals surface area (Å²) < 4.78 is 0. The van der Waals surface area contributed by atoms with Gasteiger partial charge in [-0.3, -0.25) is 0 Å². The van der Waals surface area contributed by atoms with Crippen LogP contribution in [-0.2, 0) is 6.42 Å². The molecule has 0 aromatic heterocycles. The van der Waals surface area contributed by atoms with E-state index < -0.39 is 10.0 Å². The Morgan fingerprint density at radius 3 is 2.17 bits per heavy atom. The van der Waals surface area contributed by atoms with Crippen molar-refractivity contribution in [1.29, 1.82) is 0 Å². The fourth-order valence-corrected chi connectivity index (χ4v) is 5.40. The van der Waals surface area contributed by atoms with Crippen LogP contribution in [0.2, 0.25) is 0 Å². The molecule has 0 bridgehead atoms. The zero-order valence-corrected chi connectivity index (χ0v) is 13.8. The Morgan fingerprint density at radius 2 is 1.67 bits per heavy atom. The molecule has 0 saturated carbocycles. The third kappa shape index (κ3) is 3.32. The van der Waals surface area contributed by atoms with Crippen molar-refractivity contribution in [1.82, 2.24) is 0 Å². The average Bonchev–Trinajstić information content (AvgIpc) is 2.35. The van der Waals surface area contributed by atoms with Gasteiger partial charge in [-0.15, -0.1) is 0 Å². The molecule has 1 aromatic carbocycles. The molecule has 0 spiro atoms. The van der Waals surface area contributed by atoms with Gasteiger partial charge in [-0.05, 0) is 46.1 Å². The van der Waals surface area contributed by atoms with Crippen LogP contribution in [0.25, 0.3) is 0 Å². The summed E-state index contributed by atoms with van der Waals surface area (Å²) in [5.74, 6) is 0. The van der Waals surface area contributed by atoms with Gasteiger partial charge < -0.3 is 0 Å². The van der Waals surface area contributed by atoms with E-state index in [0.717, 1.165) is 10.5 Å². The Kier molecular flexibility index (Phi) is 5.78. The summed E-state index contributed by atoms with van der Waals surface area (Å²) in [5, 5.41) is 1.50. The van der Waals surface area contributed by atoms with E-state index in [-0.39, 0.29) is 0 Å². The second-order valence-electron chi connectivity index (χ2n) is 5.90. The third-order valence-electron chi connectivity index (χ3n) is 4.18. The van der Waals surface area contributed by atoms with Gasteiger partial charge in [-0.25, -0.2) is 10.0 Å². The molecule has 0 heterocycles. The Bertz CT molecular complexity index is 358. The van der Waals surface area contributed by atoms with Crippen molar-refractivity contribution in [2.24, 2.45) is 0 Å². The van der Waals surface area contributed by atoms with Crippen LogP contribution >= 0.6 is 10.0 Å². The molecule has 1 rings (SSSR count). The smallest absolute Gasteiger partial charge is 0.00942 e. The molecule has 0 nitrogen and oxygen atoms in total. The summed E-state index contributed by atoms with van der Waals surface area (Å²) >= 11 is 0. The van der Waals surface area contributed by atoms with Crippen molar-refractivity contribution in [3.8, 4) is 0 Å². The van der Waals surface area contributed by atoms with Gasteiger partial charge in [-0.1, -0.05) is 59.2 Å². The number of hydrogen-bond acceptors (Lipinski definition) is 0. The molecule has 0 amide bonds. The van der Waals surface area contributed by atoms with Crippen LogP contribution in [0.15, 0.2) is 29.2 Å². The van der Waals surface area contributed by atoms with Crippen LogP contribution in [-0.4, -0.2) is 16.8 Å². The van der Waals surface area contributed by atoms with Crippen LogP contribution in [0.5, 0.6) is 0 Å². The molecule has 0 aliphatic heterocycles. The van der Waals surface area contributed by atoms with Gasteiger partial charge in [0.2, 0.25) is 0 Å².